The SMILES string of the molecule is O=CC1=CC=C(B(O)O)CC1. The first-order chi connectivity index (χ1) is 5.24. The van der Waals surface area contributed by atoms with Crippen LogP contribution in [-0.4, -0.2) is 23.5 Å². The summed E-state index contributed by atoms with van der Waals surface area (Å²) < 4.78 is 0. The summed E-state index contributed by atoms with van der Waals surface area (Å²) in [5.74, 6) is 0. The largest absolute Gasteiger partial charge is 0.484 e. The maximum Gasteiger partial charge on any atom is 0.484 e. The van der Waals surface area contributed by atoms with E-state index in [9.17, 15) is 4.79 Å². The van der Waals surface area contributed by atoms with Gasteiger partial charge >= 0.3 is 7.12 Å². The maximum atomic E-state index is 10.2. The Labute approximate surface area is 65.2 Å². The highest BCUT2D eigenvalue weighted by molar-refractivity contribution is 6.50. The Hall–Kier alpha value is -0.865. The van der Waals surface area contributed by atoms with Crippen molar-refractivity contribution in [3.63, 3.8) is 0 Å². The molecule has 0 spiro atoms. The van der Waals surface area contributed by atoms with Crippen molar-refractivity contribution in [2.75, 3.05) is 0 Å². The Morgan fingerprint density at radius 1 is 1.36 bits per heavy atom. The molecule has 4 heteroatoms. The van der Waals surface area contributed by atoms with Crippen molar-refractivity contribution in [2.45, 2.75) is 12.8 Å². The molecule has 0 unspecified atom stereocenters. The van der Waals surface area contributed by atoms with Crippen LogP contribution in [0.15, 0.2) is 23.2 Å². The van der Waals surface area contributed by atoms with Crippen LogP contribution < -0.4 is 0 Å². The fourth-order valence-corrected chi connectivity index (χ4v) is 0.983. The highest BCUT2D eigenvalue weighted by Gasteiger charge is 2.16. The molecule has 1 aliphatic carbocycles. The van der Waals surface area contributed by atoms with E-state index in [2.05, 4.69) is 0 Å². The molecule has 0 amide bonds. The van der Waals surface area contributed by atoms with Gasteiger partial charge in [0.15, 0.2) is 0 Å². The summed E-state index contributed by atoms with van der Waals surface area (Å²) in [6.07, 6.45) is 5.15. The highest BCUT2D eigenvalue weighted by Crippen LogP contribution is 2.16. The first-order valence-electron chi connectivity index (χ1n) is 3.45. The predicted molar refractivity (Wildman–Crippen MR) is 41.7 cm³/mol. The molecule has 1 aliphatic rings. The zero-order valence-electron chi connectivity index (χ0n) is 6.03. The number of carbonyl (C=O) groups is 1. The normalized spacial score (nSPS) is 16.9. The molecule has 3 nitrogen and oxygen atoms in total. The van der Waals surface area contributed by atoms with Crippen molar-refractivity contribution >= 4 is 13.4 Å². The quantitative estimate of drug-likeness (QED) is 0.427. The van der Waals surface area contributed by atoms with Crippen LogP contribution in [0.5, 0.6) is 0 Å². The fraction of sp³-hybridized carbons (Fsp3) is 0.286. The van der Waals surface area contributed by atoms with E-state index in [0.717, 1.165) is 6.29 Å². The van der Waals surface area contributed by atoms with Gasteiger partial charge in [-0.3, -0.25) is 4.79 Å². The van der Waals surface area contributed by atoms with Gasteiger partial charge < -0.3 is 10.0 Å². The summed E-state index contributed by atoms with van der Waals surface area (Å²) in [4.78, 5) is 10.2. The summed E-state index contributed by atoms with van der Waals surface area (Å²) >= 11 is 0. The first-order valence-corrected chi connectivity index (χ1v) is 3.45. The molecule has 2 N–H and O–H groups in total. The van der Waals surface area contributed by atoms with E-state index >= 15 is 0 Å². The van der Waals surface area contributed by atoms with E-state index in [-0.39, 0.29) is 0 Å². The molecule has 0 saturated heterocycles. The lowest BCUT2D eigenvalue weighted by Crippen LogP contribution is -2.16. The van der Waals surface area contributed by atoms with Crippen LogP contribution in [0.2, 0.25) is 0 Å². The number of hydrogen-bond donors (Lipinski definition) is 2. The number of carbonyl (C=O) groups excluding carboxylic acids is 1. The smallest absolute Gasteiger partial charge is 0.423 e. The molecule has 0 radical (unpaired) electrons. The third kappa shape index (κ3) is 2.03. The minimum absolute atomic E-state index is 0.558. The average Bonchev–Trinajstić information content (AvgIpc) is 2.05. The molecular formula is C7H9BO3. The lowest BCUT2D eigenvalue weighted by Gasteiger charge is -2.09. The summed E-state index contributed by atoms with van der Waals surface area (Å²) in [5.41, 5.74) is 1.27. The van der Waals surface area contributed by atoms with Crippen molar-refractivity contribution in [3.05, 3.63) is 23.2 Å². The molecule has 0 aromatic rings. The number of rotatable bonds is 2. The Bertz CT molecular complexity index is 218. The van der Waals surface area contributed by atoms with E-state index < -0.39 is 7.12 Å². The van der Waals surface area contributed by atoms with Crippen molar-refractivity contribution in [1.29, 1.82) is 0 Å². The molecule has 58 valence electrons. The second-order valence-corrected chi connectivity index (χ2v) is 2.47. The summed E-state index contributed by atoms with van der Waals surface area (Å²) in [6.45, 7) is 0. The van der Waals surface area contributed by atoms with E-state index in [4.69, 9.17) is 10.0 Å². The molecule has 0 heterocycles. The van der Waals surface area contributed by atoms with Crippen LogP contribution in [0, 0.1) is 0 Å². The van der Waals surface area contributed by atoms with Crippen LogP contribution in [0.4, 0.5) is 0 Å². The zero-order valence-corrected chi connectivity index (χ0v) is 6.03. The summed E-state index contributed by atoms with van der Waals surface area (Å²) in [5, 5.41) is 17.4. The third-order valence-corrected chi connectivity index (χ3v) is 1.70. The Balaban J connectivity index is 2.69. The molecule has 11 heavy (non-hydrogen) atoms. The topological polar surface area (TPSA) is 57.5 Å². The Morgan fingerprint density at radius 3 is 2.45 bits per heavy atom. The Morgan fingerprint density at radius 2 is 2.09 bits per heavy atom. The van der Waals surface area contributed by atoms with E-state index in [1.807, 2.05) is 0 Å². The number of hydrogen-bond acceptors (Lipinski definition) is 3. The van der Waals surface area contributed by atoms with Gasteiger partial charge in [-0.1, -0.05) is 12.2 Å². The van der Waals surface area contributed by atoms with E-state index in [1.54, 1.807) is 12.2 Å². The van der Waals surface area contributed by atoms with E-state index in [0.29, 0.717) is 23.9 Å². The lowest BCUT2D eigenvalue weighted by atomic mass is 9.74. The number of aldehydes is 1. The fourth-order valence-electron chi connectivity index (χ4n) is 0.983. The van der Waals surface area contributed by atoms with Gasteiger partial charge in [0.1, 0.15) is 6.29 Å². The second kappa shape index (κ2) is 3.50. The summed E-state index contributed by atoms with van der Waals surface area (Å²) in [7, 11) is -1.38. The third-order valence-electron chi connectivity index (χ3n) is 1.70. The molecule has 0 bridgehead atoms. The number of allylic oxidation sites excluding steroid dienone is 4. The van der Waals surface area contributed by atoms with Gasteiger partial charge in [0.05, 0.1) is 0 Å². The molecular weight excluding hydrogens is 143 g/mol. The van der Waals surface area contributed by atoms with Gasteiger partial charge in [0, 0.05) is 0 Å². The van der Waals surface area contributed by atoms with Crippen molar-refractivity contribution in [3.8, 4) is 0 Å². The minimum atomic E-state index is -1.38. The van der Waals surface area contributed by atoms with Gasteiger partial charge in [-0.05, 0) is 23.9 Å². The van der Waals surface area contributed by atoms with Crippen molar-refractivity contribution < 1.29 is 14.8 Å². The predicted octanol–water partition coefficient (Wildman–Crippen LogP) is -0.156. The van der Waals surface area contributed by atoms with E-state index in [1.165, 1.54) is 0 Å². The lowest BCUT2D eigenvalue weighted by molar-refractivity contribution is -0.105. The average molecular weight is 152 g/mol. The van der Waals surface area contributed by atoms with Crippen LogP contribution >= 0.6 is 0 Å². The van der Waals surface area contributed by atoms with Crippen LogP contribution in [0.3, 0.4) is 0 Å². The Kier molecular flexibility index (Phi) is 2.62. The molecule has 0 saturated carbocycles. The molecule has 1 rings (SSSR count). The molecule has 0 aliphatic heterocycles. The van der Waals surface area contributed by atoms with Gasteiger partial charge in [0.25, 0.3) is 0 Å². The maximum absolute atomic E-state index is 10.2. The highest BCUT2D eigenvalue weighted by atomic mass is 16.4. The zero-order chi connectivity index (χ0) is 8.27. The molecule has 0 aromatic carbocycles. The monoisotopic (exact) mass is 152 g/mol. The standard InChI is InChI=1S/C7H9BO3/c9-5-6-1-3-7(4-2-6)8(10)11/h1,3,5,10-11H,2,4H2. The van der Waals surface area contributed by atoms with Crippen LogP contribution in [0.25, 0.3) is 0 Å². The second-order valence-electron chi connectivity index (χ2n) is 2.47. The van der Waals surface area contributed by atoms with Gasteiger partial charge in [-0.15, -0.1) is 0 Å². The van der Waals surface area contributed by atoms with Gasteiger partial charge in [0.2, 0.25) is 0 Å². The first kappa shape index (κ1) is 8.23. The van der Waals surface area contributed by atoms with Gasteiger partial charge in [-0.25, -0.2) is 0 Å². The molecule has 0 fully saturated rings. The van der Waals surface area contributed by atoms with Crippen molar-refractivity contribution in [2.24, 2.45) is 0 Å². The molecule has 0 aromatic heterocycles. The summed E-state index contributed by atoms with van der Waals surface area (Å²) in [6, 6.07) is 0. The van der Waals surface area contributed by atoms with Crippen LogP contribution in [0.1, 0.15) is 12.8 Å². The minimum Gasteiger partial charge on any atom is -0.423 e. The van der Waals surface area contributed by atoms with Gasteiger partial charge in [-0.2, -0.15) is 0 Å². The van der Waals surface area contributed by atoms with Crippen LogP contribution in [-0.2, 0) is 4.79 Å². The molecule has 0 atom stereocenters. The van der Waals surface area contributed by atoms with Crippen molar-refractivity contribution in [1.82, 2.24) is 0 Å².